The van der Waals surface area contributed by atoms with E-state index in [0.29, 0.717) is 5.69 Å². The van der Waals surface area contributed by atoms with Crippen LogP contribution in [0.4, 0.5) is 5.69 Å². The van der Waals surface area contributed by atoms with Crippen LogP contribution in [0.2, 0.25) is 0 Å². The maximum Gasteiger partial charge on any atom is 0.152 e. The third-order valence-electron chi connectivity index (χ3n) is 1.68. The first-order valence-electron chi connectivity index (χ1n) is 3.75. The van der Waals surface area contributed by atoms with E-state index in [1.54, 1.807) is 6.07 Å². The van der Waals surface area contributed by atoms with E-state index in [0.717, 1.165) is 10.0 Å². The molecule has 0 aliphatic carbocycles. The molecule has 4 heteroatoms. The number of nitrogen functional groups attached to an aromatic ring is 1. The minimum Gasteiger partial charge on any atom is -0.398 e. The van der Waals surface area contributed by atoms with Crippen molar-refractivity contribution in [1.82, 2.24) is 0 Å². The van der Waals surface area contributed by atoms with Gasteiger partial charge in [0.1, 0.15) is 0 Å². The molecule has 0 bridgehead atoms. The Labute approximate surface area is 90.2 Å². The summed E-state index contributed by atoms with van der Waals surface area (Å²) in [6.45, 7) is 0. The van der Waals surface area contributed by atoms with Crippen molar-refractivity contribution in [2.24, 2.45) is 0 Å². The Balaban J connectivity index is 2.93. The zero-order valence-electron chi connectivity index (χ0n) is 6.89. The van der Waals surface area contributed by atoms with Gasteiger partial charge in [0.15, 0.2) is 5.78 Å². The second-order valence-corrected chi connectivity index (χ2v) is 3.78. The van der Waals surface area contributed by atoms with E-state index in [1.165, 1.54) is 0 Å². The average molecular weight is 263 g/mol. The lowest BCUT2D eigenvalue weighted by Gasteiger charge is -2.05. The molecule has 0 aliphatic heterocycles. The summed E-state index contributed by atoms with van der Waals surface area (Å²) in [6, 6.07) is 5.45. The van der Waals surface area contributed by atoms with Gasteiger partial charge in [0, 0.05) is 16.6 Å². The highest BCUT2D eigenvalue weighted by Crippen LogP contribution is 2.23. The highest BCUT2D eigenvalue weighted by Gasteiger charge is 2.08. The van der Waals surface area contributed by atoms with Gasteiger partial charge in [-0.1, -0.05) is 22.0 Å². The van der Waals surface area contributed by atoms with Crippen LogP contribution in [0.3, 0.4) is 0 Å². The number of benzene rings is 1. The molecule has 0 saturated heterocycles. The van der Waals surface area contributed by atoms with Gasteiger partial charge in [-0.25, -0.2) is 0 Å². The number of ketones is 1. The van der Waals surface area contributed by atoms with Crippen LogP contribution in [-0.4, -0.2) is 11.7 Å². The summed E-state index contributed by atoms with van der Waals surface area (Å²) < 4.78 is 0.853. The number of hydrogen-bond donors (Lipinski definition) is 1. The van der Waals surface area contributed by atoms with Gasteiger partial charge in [0.05, 0.1) is 5.88 Å². The minimum absolute atomic E-state index is 0.0275. The molecule has 0 aromatic heterocycles. The van der Waals surface area contributed by atoms with Crippen molar-refractivity contribution < 1.29 is 4.79 Å². The van der Waals surface area contributed by atoms with Crippen molar-refractivity contribution in [3.05, 3.63) is 28.2 Å². The first kappa shape index (κ1) is 10.5. The van der Waals surface area contributed by atoms with Crippen molar-refractivity contribution in [3.8, 4) is 0 Å². The Morgan fingerprint density at radius 2 is 2.23 bits per heavy atom. The van der Waals surface area contributed by atoms with Crippen molar-refractivity contribution >= 4 is 39.0 Å². The Morgan fingerprint density at radius 3 is 2.77 bits per heavy atom. The summed E-state index contributed by atoms with van der Waals surface area (Å²) in [5.41, 5.74) is 7.13. The molecule has 0 radical (unpaired) electrons. The van der Waals surface area contributed by atoms with Crippen LogP contribution in [0.5, 0.6) is 0 Å². The summed E-state index contributed by atoms with van der Waals surface area (Å²) in [5, 5.41) is 0. The molecule has 70 valence electrons. The number of Topliss-reactive ketones (excluding diaryl/α,β-unsaturated/α-hetero) is 1. The summed E-state index contributed by atoms with van der Waals surface area (Å²) in [5.74, 6) is 0.00102. The smallest absolute Gasteiger partial charge is 0.152 e. The maximum atomic E-state index is 11.1. The Kier molecular flexibility index (Phi) is 3.75. The standard InChI is InChI=1S/C9H9BrClNO/c10-8-2-1-3-9(12)7(8)4-6(13)5-11/h1-3H,4-5,12H2. The summed E-state index contributed by atoms with van der Waals surface area (Å²) >= 11 is 8.73. The topological polar surface area (TPSA) is 43.1 Å². The number of alkyl halides is 1. The first-order valence-corrected chi connectivity index (χ1v) is 5.08. The molecule has 1 aromatic rings. The number of hydrogen-bond acceptors (Lipinski definition) is 2. The number of carbonyl (C=O) groups excluding carboxylic acids is 1. The Morgan fingerprint density at radius 1 is 1.54 bits per heavy atom. The lowest BCUT2D eigenvalue weighted by molar-refractivity contribution is -0.116. The second kappa shape index (κ2) is 4.63. The van der Waals surface area contributed by atoms with Crippen LogP contribution >= 0.6 is 27.5 Å². The lowest BCUT2D eigenvalue weighted by atomic mass is 10.1. The van der Waals surface area contributed by atoms with Crippen LogP contribution in [0.15, 0.2) is 22.7 Å². The van der Waals surface area contributed by atoms with E-state index in [-0.39, 0.29) is 18.1 Å². The van der Waals surface area contributed by atoms with Gasteiger partial charge < -0.3 is 5.73 Å². The maximum absolute atomic E-state index is 11.1. The quantitative estimate of drug-likeness (QED) is 0.671. The number of nitrogens with two attached hydrogens (primary N) is 1. The number of rotatable bonds is 3. The number of carbonyl (C=O) groups is 1. The molecule has 2 nitrogen and oxygen atoms in total. The monoisotopic (exact) mass is 261 g/mol. The van der Waals surface area contributed by atoms with E-state index in [4.69, 9.17) is 17.3 Å². The minimum atomic E-state index is -0.0275. The molecule has 0 amide bonds. The van der Waals surface area contributed by atoms with E-state index in [2.05, 4.69) is 15.9 Å². The molecule has 13 heavy (non-hydrogen) atoms. The van der Waals surface area contributed by atoms with Crippen molar-refractivity contribution in [1.29, 1.82) is 0 Å². The highest BCUT2D eigenvalue weighted by atomic mass is 79.9. The Hall–Kier alpha value is -0.540. The predicted molar refractivity (Wildman–Crippen MR) is 58.0 cm³/mol. The van der Waals surface area contributed by atoms with Gasteiger partial charge in [-0.2, -0.15) is 0 Å². The van der Waals surface area contributed by atoms with Crippen molar-refractivity contribution in [2.45, 2.75) is 6.42 Å². The van der Waals surface area contributed by atoms with Crippen LogP contribution in [0.25, 0.3) is 0 Å². The number of anilines is 1. The van der Waals surface area contributed by atoms with Crippen LogP contribution < -0.4 is 5.73 Å². The van der Waals surface area contributed by atoms with Crippen LogP contribution in [-0.2, 0) is 11.2 Å². The zero-order valence-corrected chi connectivity index (χ0v) is 9.23. The molecule has 0 heterocycles. The SMILES string of the molecule is Nc1cccc(Br)c1CC(=O)CCl. The predicted octanol–water partition coefficient (Wildman–Crippen LogP) is 2.38. The Bertz CT molecular complexity index is 307. The molecule has 1 aromatic carbocycles. The first-order chi connectivity index (χ1) is 6.15. The third-order valence-corrected chi connectivity index (χ3v) is 2.72. The summed E-state index contributed by atoms with van der Waals surface area (Å²) in [6.07, 6.45) is 0.288. The van der Waals surface area contributed by atoms with Gasteiger partial charge in [-0.3, -0.25) is 4.79 Å². The normalized spacial score (nSPS) is 10.0. The zero-order chi connectivity index (χ0) is 9.84. The fourth-order valence-electron chi connectivity index (χ4n) is 1.01. The molecule has 0 spiro atoms. The average Bonchev–Trinajstić information content (AvgIpc) is 2.11. The number of halogens is 2. The highest BCUT2D eigenvalue weighted by molar-refractivity contribution is 9.10. The third kappa shape index (κ3) is 2.71. The van der Waals surface area contributed by atoms with Gasteiger partial charge >= 0.3 is 0 Å². The lowest BCUT2D eigenvalue weighted by Crippen LogP contribution is -2.06. The largest absolute Gasteiger partial charge is 0.398 e. The molecule has 0 atom stereocenters. The fourth-order valence-corrected chi connectivity index (χ4v) is 1.62. The van der Waals surface area contributed by atoms with E-state index in [1.807, 2.05) is 12.1 Å². The van der Waals surface area contributed by atoms with Gasteiger partial charge in [-0.05, 0) is 17.7 Å². The van der Waals surface area contributed by atoms with Crippen LogP contribution in [0, 0.1) is 0 Å². The summed E-state index contributed by atoms with van der Waals surface area (Å²) in [7, 11) is 0. The molecule has 0 saturated carbocycles. The van der Waals surface area contributed by atoms with Gasteiger partial charge in [0.2, 0.25) is 0 Å². The molecule has 0 unspecified atom stereocenters. The van der Waals surface area contributed by atoms with Gasteiger partial charge in [0.25, 0.3) is 0 Å². The van der Waals surface area contributed by atoms with Crippen LogP contribution in [0.1, 0.15) is 5.56 Å². The van der Waals surface area contributed by atoms with Gasteiger partial charge in [-0.15, -0.1) is 11.6 Å². The molecular weight excluding hydrogens is 253 g/mol. The molecule has 2 N–H and O–H groups in total. The van der Waals surface area contributed by atoms with Crippen molar-refractivity contribution in [2.75, 3.05) is 11.6 Å². The molecular formula is C9H9BrClNO. The molecule has 0 aliphatic rings. The van der Waals surface area contributed by atoms with E-state index in [9.17, 15) is 4.79 Å². The molecule has 1 rings (SSSR count). The molecule has 0 fully saturated rings. The van der Waals surface area contributed by atoms with E-state index >= 15 is 0 Å². The summed E-state index contributed by atoms with van der Waals surface area (Å²) in [4.78, 5) is 11.1. The fraction of sp³-hybridized carbons (Fsp3) is 0.222. The van der Waals surface area contributed by atoms with E-state index < -0.39 is 0 Å². The second-order valence-electron chi connectivity index (χ2n) is 2.66. The van der Waals surface area contributed by atoms with Crippen molar-refractivity contribution in [3.63, 3.8) is 0 Å².